The number of carbonyl (C=O) groups excluding carboxylic acids is 3. The Bertz CT molecular complexity index is 1400. The van der Waals surface area contributed by atoms with Gasteiger partial charge >= 0.3 is 17.9 Å². The van der Waals surface area contributed by atoms with Gasteiger partial charge in [0.15, 0.2) is 6.10 Å². The van der Waals surface area contributed by atoms with Crippen LogP contribution in [-0.2, 0) is 28.6 Å². The predicted molar refractivity (Wildman–Crippen MR) is 265 cm³/mol. The van der Waals surface area contributed by atoms with Crippen molar-refractivity contribution in [1.82, 2.24) is 0 Å². The lowest BCUT2D eigenvalue weighted by atomic mass is 10.1. The van der Waals surface area contributed by atoms with Crippen molar-refractivity contribution in [2.24, 2.45) is 0 Å². The van der Waals surface area contributed by atoms with Crippen molar-refractivity contribution in [1.29, 1.82) is 0 Å². The van der Waals surface area contributed by atoms with Gasteiger partial charge in [-0.2, -0.15) is 0 Å². The van der Waals surface area contributed by atoms with Crippen LogP contribution in [0.5, 0.6) is 0 Å². The highest BCUT2D eigenvalue weighted by Crippen LogP contribution is 2.12. The zero-order chi connectivity index (χ0) is 45.1. The van der Waals surface area contributed by atoms with Crippen molar-refractivity contribution in [3.8, 4) is 0 Å². The molecule has 0 aliphatic rings. The Hall–Kier alpha value is -4.45. The Morgan fingerprint density at radius 2 is 0.661 bits per heavy atom. The average molecular weight is 855 g/mol. The first-order valence-corrected chi connectivity index (χ1v) is 24.3. The first-order chi connectivity index (χ1) is 30.5. The van der Waals surface area contributed by atoms with E-state index in [1.54, 1.807) is 0 Å². The molecule has 346 valence electrons. The van der Waals surface area contributed by atoms with Crippen molar-refractivity contribution in [3.05, 3.63) is 134 Å². The number of esters is 3. The summed E-state index contributed by atoms with van der Waals surface area (Å²) < 4.78 is 16.7. The molecule has 0 spiro atoms. The van der Waals surface area contributed by atoms with Gasteiger partial charge in [0.05, 0.1) is 0 Å². The van der Waals surface area contributed by atoms with Crippen LogP contribution in [0.4, 0.5) is 0 Å². The lowest BCUT2D eigenvalue weighted by molar-refractivity contribution is -0.167. The van der Waals surface area contributed by atoms with E-state index in [4.69, 9.17) is 14.2 Å². The van der Waals surface area contributed by atoms with Crippen molar-refractivity contribution in [3.63, 3.8) is 0 Å². The van der Waals surface area contributed by atoms with Gasteiger partial charge in [-0.3, -0.25) is 14.4 Å². The monoisotopic (exact) mass is 855 g/mol. The van der Waals surface area contributed by atoms with Crippen LogP contribution in [0, 0.1) is 0 Å². The number of unbranched alkanes of at least 4 members (excludes halogenated alkanes) is 13. The number of hydrogen-bond acceptors (Lipinski definition) is 6. The molecule has 0 bridgehead atoms. The van der Waals surface area contributed by atoms with Gasteiger partial charge in [-0.25, -0.2) is 0 Å². The molecule has 0 saturated heterocycles. The Balaban J connectivity index is 4.55. The van der Waals surface area contributed by atoms with Crippen LogP contribution in [0.15, 0.2) is 134 Å². The molecule has 6 nitrogen and oxygen atoms in total. The Labute approximate surface area is 379 Å². The second-order valence-electron chi connectivity index (χ2n) is 15.4. The molecule has 62 heavy (non-hydrogen) atoms. The maximum Gasteiger partial charge on any atom is 0.306 e. The molecule has 0 aromatic heterocycles. The van der Waals surface area contributed by atoms with Crippen LogP contribution in [0.1, 0.15) is 181 Å². The quantitative estimate of drug-likeness (QED) is 0.0200. The minimum absolute atomic E-state index is 0.114. The minimum atomic E-state index is -0.816. The zero-order valence-electron chi connectivity index (χ0n) is 39.3. The summed E-state index contributed by atoms with van der Waals surface area (Å²) in [6, 6.07) is 0. The summed E-state index contributed by atoms with van der Waals surface area (Å²) in [5.41, 5.74) is 0. The normalized spacial score (nSPS) is 13.3. The number of allylic oxidation sites excluding steroid dienone is 22. The smallest absolute Gasteiger partial charge is 0.306 e. The van der Waals surface area contributed by atoms with Crippen molar-refractivity contribution in [2.45, 2.75) is 187 Å². The van der Waals surface area contributed by atoms with Gasteiger partial charge in [0.1, 0.15) is 13.2 Å². The summed E-state index contributed by atoms with van der Waals surface area (Å²) in [6.45, 7) is 6.15. The third-order valence-electron chi connectivity index (χ3n) is 9.54. The van der Waals surface area contributed by atoms with Gasteiger partial charge in [0, 0.05) is 19.3 Å². The first-order valence-electron chi connectivity index (χ1n) is 24.3. The summed E-state index contributed by atoms with van der Waals surface area (Å²) >= 11 is 0. The highest BCUT2D eigenvalue weighted by atomic mass is 16.6. The third kappa shape index (κ3) is 46.6. The number of hydrogen-bond donors (Lipinski definition) is 0. The summed E-state index contributed by atoms with van der Waals surface area (Å²) in [5.74, 6) is -1.00. The summed E-state index contributed by atoms with van der Waals surface area (Å²) in [5, 5.41) is 0. The molecule has 0 radical (unpaired) electrons. The van der Waals surface area contributed by atoms with E-state index < -0.39 is 6.10 Å². The van der Waals surface area contributed by atoms with Gasteiger partial charge in [0.2, 0.25) is 0 Å². The number of ether oxygens (including phenoxy) is 3. The van der Waals surface area contributed by atoms with Gasteiger partial charge in [-0.05, 0) is 96.3 Å². The lowest BCUT2D eigenvalue weighted by Gasteiger charge is -2.18. The molecule has 6 heteroatoms. The molecule has 0 aliphatic heterocycles. The van der Waals surface area contributed by atoms with Crippen LogP contribution in [0.3, 0.4) is 0 Å². The predicted octanol–water partition coefficient (Wildman–Crippen LogP) is 15.9. The van der Waals surface area contributed by atoms with Gasteiger partial charge in [-0.1, -0.05) is 199 Å². The highest BCUT2D eigenvalue weighted by molar-refractivity contribution is 5.71. The van der Waals surface area contributed by atoms with Gasteiger partial charge < -0.3 is 14.2 Å². The molecule has 0 amide bonds. The van der Waals surface area contributed by atoms with Crippen molar-refractivity contribution < 1.29 is 28.6 Å². The number of carbonyl (C=O) groups is 3. The van der Waals surface area contributed by atoms with E-state index in [9.17, 15) is 14.4 Å². The first kappa shape index (κ1) is 57.5. The molecule has 0 N–H and O–H groups in total. The van der Waals surface area contributed by atoms with Crippen molar-refractivity contribution in [2.75, 3.05) is 13.2 Å². The van der Waals surface area contributed by atoms with E-state index in [-0.39, 0.29) is 37.5 Å². The molecule has 0 heterocycles. The Kier molecular flexibility index (Phi) is 45.7. The standard InChI is InChI=1S/C56H86O6/c1-4-7-10-13-16-19-22-25-27-29-31-34-37-40-43-46-49-55(58)61-52-53(51-60-54(57)48-45-42-39-36-33-30-24-21-18-15-12-9-6-3)62-56(59)50-47-44-41-38-35-32-28-26-23-20-17-14-11-8-5-2/h7-12,14-21,23-28,31,34,53H,4-6,13,22,29-30,32-33,35-52H2,1-3H3/b10-7-,11-8-,12-9-,17-14-,18-15-,19-16-,23-20-,24-21-,27-25-,28-26-,34-31-. The fourth-order valence-corrected chi connectivity index (χ4v) is 5.97. The summed E-state index contributed by atoms with van der Waals surface area (Å²) in [4.78, 5) is 37.9. The second kappa shape index (κ2) is 49.2. The van der Waals surface area contributed by atoms with Crippen molar-refractivity contribution >= 4 is 17.9 Å². The second-order valence-corrected chi connectivity index (χ2v) is 15.4. The van der Waals surface area contributed by atoms with E-state index in [0.29, 0.717) is 12.8 Å². The van der Waals surface area contributed by atoms with Gasteiger partial charge in [0.25, 0.3) is 0 Å². The molecule has 0 aromatic carbocycles. The molecule has 0 fully saturated rings. The zero-order valence-corrected chi connectivity index (χ0v) is 39.3. The van der Waals surface area contributed by atoms with Crippen LogP contribution in [-0.4, -0.2) is 37.2 Å². The third-order valence-corrected chi connectivity index (χ3v) is 9.54. The molecule has 0 aromatic rings. The van der Waals surface area contributed by atoms with Crippen LogP contribution < -0.4 is 0 Å². The summed E-state index contributed by atoms with van der Waals surface area (Å²) in [6.07, 6.45) is 68.6. The average Bonchev–Trinajstić information content (AvgIpc) is 3.27. The minimum Gasteiger partial charge on any atom is -0.462 e. The van der Waals surface area contributed by atoms with E-state index in [2.05, 4.69) is 124 Å². The van der Waals surface area contributed by atoms with Crippen LogP contribution in [0.2, 0.25) is 0 Å². The van der Waals surface area contributed by atoms with E-state index in [1.807, 2.05) is 30.4 Å². The van der Waals surface area contributed by atoms with E-state index in [0.717, 1.165) is 141 Å². The van der Waals surface area contributed by atoms with Crippen LogP contribution >= 0.6 is 0 Å². The highest BCUT2D eigenvalue weighted by Gasteiger charge is 2.19. The lowest BCUT2D eigenvalue weighted by Crippen LogP contribution is -2.30. The molecule has 0 saturated carbocycles. The topological polar surface area (TPSA) is 78.9 Å². The fourth-order valence-electron chi connectivity index (χ4n) is 5.97. The fraction of sp³-hybridized carbons (Fsp3) is 0.554. The van der Waals surface area contributed by atoms with E-state index >= 15 is 0 Å². The SMILES string of the molecule is CC\C=C/C=C\C=C/C=C\CCCCCCCC(=O)OC(COC(=O)CCCCC/C=C\C/C=C\C/C=C\C/C=C\CC)COC(=O)CCCCCCC\C=C/C=C\C=C/CC. The molecule has 1 unspecified atom stereocenters. The Morgan fingerprint density at radius 1 is 0.339 bits per heavy atom. The van der Waals surface area contributed by atoms with Crippen LogP contribution in [0.25, 0.3) is 0 Å². The molecule has 1 atom stereocenters. The number of rotatable bonds is 41. The van der Waals surface area contributed by atoms with Gasteiger partial charge in [-0.15, -0.1) is 0 Å². The molecule has 0 rings (SSSR count). The summed E-state index contributed by atoms with van der Waals surface area (Å²) in [7, 11) is 0. The molecular formula is C56H86O6. The maximum absolute atomic E-state index is 12.8. The maximum atomic E-state index is 12.8. The molecular weight excluding hydrogens is 769 g/mol. The Morgan fingerprint density at radius 3 is 1.11 bits per heavy atom. The molecule has 0 aliphatic carbocycles. The largest absolute Gasteiger partial charge is 0.462 e. The van der Waals surface area contributed by atoms with E-state index in [1.165, 1.54) is 0 Å².